The fourth-order valence-corrected chi connectivity index (χ4v) is 4.14. The average Bonchev–Trinajstić information content (AvgIpc) is 3.07. The van der Waals surface area contributed by atoms with Gasteiger partial charge in [-0.1, -0.05) is 30.4 Å². The number of fused-ring (bicyclic) bond motifs is 3. The minimum Gasteiger partial charge on any atom is -0.506 e. The summed E-state index contributed by atoms with van der Waals surface area (Å²) in [6.07, 6.45) is 5.36. The first-order chi connectivity index (χ1) is 11.6. The number of para-hydroxylation sites is 1. The molecule has 0 saturated carbocycles. The normalized spacial score (nSPS) is 24.2. The minimum atomic E-state index is -0.0831. The number of ether oxygens (including phenoxy) is 1. The van der Waals surface area contributed by atoms with E-state index >= 15 is 0 Å². The van der Waals surface area contributed by atoms with E-state index in [0.29, 0.717) is 11.7 Å². The molecule has 0 fully saturated rings. The van der Waals surface area contributed by atoms with Gasteiger partial charge in [0.05, 0.1) is 18.8 Å². The van der Waals surface area contributed by atoms with Gasteiger partial charge in [-0.15, -0.1) is 0 Å². The predicted octanol–water partition coefficient (Wildman–Crippen LogP) is 4.24. The number of hydrogen-bond donors (Lipinski definition) is 3. The highest BCUT2D eigenvalue weighted by molar-refractivity contribution is 5.70. The van der Waals surface area contributed by atoms with E-state index < -0.39 is 0 Å². The minimum absolute atomic E-state index is 0.0831. The van der Waals surface area contributed by atoms with Crippen LogP contribution in [0.2, 0.25) is 0 Å². The van der Waals surface area contributed by atoms with Gasteiger partial charge in [0, 0.05) is 11.5 Å². The van der Waals surface area contributed by atoms with Gasteiger partial charge in [0.1, 0.15) is 5.75 Å². The molecule has 0 spiro atoms. The number of phenolic OH excluding ortho intramolecular Hbond substituents is 2. The second kappa shape index (κ2) is 5.48. The van der Waals surface area contributed by atoms with Gasteiger partial charge in [-0.25, -0.2) is 0 Å². The SMILES string of the molecule is COc1cccc(C2Nc3c(O)ccc(C)c3C3C=CCC32)c1O. The van der Waals surface area contributed by atoms with E-state index in [2.05, 4.69) is 24.4 Å². The van der Waals surface area contributed by atoms with Crippen LogP contribution in [0.3, 0.4) is 0 Å². The van der Waals surface area contributed by atoms with Gasteiger partial charge in [-0.3, -0.25) is 0 Å². The van der Waals surface area contributed by atoms with Crippen molar-refractivity contribution in [3.63, 3.8) is 0 Å². The molecule has 4 rings (SSSR count). The van der Waals surface area contributed by atoms with Gasteiger partial charge >= 0.3 is 0 Å². The molecule has 4 nitrogen and oxygen atoms in total. The van der Waals surface area contributed by atoms with E-state index in [0.717, 1.165) is 23.2 Å². The maximum absolute atomic E-state index is 10.6. The molecule has 3 N–H and O–H groups in total. The number of allylic oxidation sites excluding steroid dienone is 2. The lowest BCUT2D eigenvalue weighted by Crippen LogP contribution is -2.29. The topological polar surface area (TPSA) is 61.7 Å². The first-order valence-corrected chi connectivity index (χ1v) is 8.23. The zero-order valence-electron chi connectivity index (χ0n) is 13.8. The van der Waals surface area contributed by atoms with Crippen molar-refractivity contribution in [1.82, 2.24) is 0 Å². The van der Waals surface area contributed by atoms with Crippen LogP contribution in [0, 0.1) is 12.8 Å². The Labute approximate surface area is 141 Å². The summed E-state index contributed by atoms with van der Waals surface area (Å²) < 4.78 is 5.26. The molecule has 0 bridgehead atoms. The van der Waals surface area contributed by atoms with Gasteiger partial charge < -0.3 is 20.3 Å². The highest BCUT2D eigenvalue weighted by Gasteiger charge is 2.40. The lowest BCUT2D eigenvalue weighted by molar-refractivity contribution is 0.357. The molecule has 0 aromatic heterocycles. The Bertz CT molecular complexity index is 828. The van der Waals surface area contributed by atoms with Gasteiger partial charge in [0.2, 0.25) is 0 Å². The van der Waals surface area contributed by atoms with Crippen molar-refractivity contribution in [2.75, 3.05) is 12.4 Å². The fourth-order valence-electron chi connectivity index (χ4n) is 4.14. The molecule has 0 saturated heterocycles. The zero-order valence-corrected chi connectivity index (χ0v) is 13.8. The lowest BCUT2D eigenvalue weighted by Gasteiger charge is -2.38. The molecular weight excluding hydrogens is 302 g/mol. The average molecular weight is 323 g/mol. The molecule has 3 unspecified atom stereocenters. The number of aryl methyl sites for hydroxylation is 1. The van der Waals surface area contributed by atoms with E-state index in [1.54, 1.807) is 19.2 Å². The van der Waals surface area contributed by atoms with Crippen LogP contribution < -0.4 is 10.1 Å². The summed E-state index contributed by atoms with van der Waals surface area (Å²) in [5.41, 5.74) is 3.91. The van der Waals surface area contributed by atoms with Crippen LogP contribution in [0.1, 0.15) is 35.1 Å². The van der Waals surface area contributed by atoms with Crippen molar-refractivity contribution in [2.24, 2.45) is 5.92 Å². The van der Waals surface area contributed by atoms with Gasteiger partial charge in [0.15, 0.2) is 11.5 Å². The molecule has 4 heteroatoms. The van der Waals surface area contributed by atoms with Crippen molar-refractivity contribution in [3.05, 3.63) is 59.2 Å². The molecule has 1 aliphatic heterocycles. The molecular formula is C20H21NO3. The van der Waals surface area contributed by atoms with E-state index in [4.69, 9.17) is 4.74 Å². The summed E-state index contributed by atoms with van der Waals surface area (Å²) >= 11 is 0. The van der Waals surface area contributed by atoms with Gasteiger partial charge in [-0.2, -0.15) is 0 Å². The maximum Gasteiger partial charge on any atom is 0.163 e. The highest BCUT2D eigenvalue weighted by atomic mass is 16.5. The van der Waals surface area contributed by atoms with Crippen LogP contribution in [0.25, 0.3) is 0 Å². The van der Waals surface area contributed by atoms with E-state index in [1.165, 1.54) is 5.56 Å². The standard InChI is InChI=1S/C20H21NO3/c1-11-9-10-15(22)19-17(11)12-5-3-6-13(12)18(21-19)14-7-4-8-16(24-2)20(14)23/h3-5,7-10,12-13,18,21-23H,6H2,1-2H3. The number of rotatable bonds is 2. The molecule has 3 atom stereocenters. The highest BCUT2D eigenvalue weighted by Crippen LogP contribution is 2.54. The third-order valence-corrected chi connectivity index (χ3v) is 5.30. The second-order valence-electron chi connectivity index (χ2n) is 6.56. The third-order valence-electron chi connectivity index (χ3n) is 5.30. The quantitative estimate of drug-likeness (QED) is 0.571. The van der Waals surface area contributed by atoms with Crippen molar-refractivity contribution < 1.29 is 14.9 Å². The van der Waals surface area contributed by atoms with Gasteiger partial charge in [0.25, 0.3) is 0 Å². The Kier molecular flexibility index (Phi) is 3.41. The Morgan fingerprint density at radius 2 is 2.00 bits per heavy atom. The molecule has 1 heterocycles. The number of aromatic hydroxyl groups is 2. The van der Waals surface area contributed by atoms with Crippen molar-refractivity contribution in [2.45, 2.75) is 25.3 Å². The Balaban J connectivity index is 1.86. The van der Waals surface area contributed by atoms with Crippen LogP contribution >= 0.6 is 0 Å². The lowest BCUT2D eigenvalue weighted by atomic mass is 9.75. The summed E-state index contributed by atoms with van der Waals surface area (Å²) in [6, 6.07) is 9.16. The molecule has 124 valence electrons. The van der Waals surface area contributed by atoms with Crippen LogP contribution in [0.15, 0.2) is 42.5 Å². The van der Waals surface area contributed by atoms with E-state index in [-0.39, 0.29) is 23.5 Å². The van der Waals surface area contributed by atoms with E-state index in [1.807, 2.05) is 18.2 Å². The number of nitrogens with one attached hydrogen (secondary N) is 1. The summed E-state index contributed by atoms with van der Waals surface area (Å²) in [5, 5.41) is 24.4. The summed E-state index contributed by atoms with van der Waals surface area (Å²) in [4.78, 5) is 0. The third kappa shape index (κ3) is 2.06. The van der Waals surface area contributed by atoms with Crippen molar-refractivity contribution in [1.29, 1.82) is 0 Å². The van der Waals surface area contributed by atoms with Gasteiger partial charge in [-0.05, 0) is 42.5 Å². The number of benzene rings is 2. The number of phenols is 2. The molecule has 24 heavy (non-hydrogen) atoms. The first kappa shape index (κ1) is 14.9. The van der Waals surface area contributed by atoms with Crippen molar-refractivity contribution >= 4 is 5.69 Å². The summed E-state index contributed by atoms with van der Waals surface area (Å²) in [6.45, 7) is 2.08. The fraction of sp³-hybridized carbons (Fsp3) is 0.300. The first-order valence-electron chi connectivity index (χ1n) is 8.23. The number of hydrogen-bond acceptors (Lipinski definition) is 4. The van der Waals surface area contributed by atoms with Crippen LogP contribution in [-0.2, 0) is 0 Å². The monoisotopic (exact) mass is 323 g/mol. The van der Waals surface area contributed by atoms with Crippen molar-refractivity contribution in [3.8, 4) is 17.2 Å². The molecule has 2 aliphatic rings. The molecule has 0 radical (unpaired) electrons. The smallest absolute Gasteiger partial charge is 0.163 e. The molecule has 2 aromatic carbocycles. The number of methoxy groups -OCH3 is 1. The molecule has 2 aromatic rings. The maximum atomic E-state index is 10.6. The number of anilines is 1. The summed E-state index contributed by atoms with van der Waals surface area (Å²) in [7, 11) is 1.55. The largest absolute Gasteiger partial charge is 0.506 e. The summed E-state index contributed by atoms with van der Waals surface area (Å²) in [5.74, 6) is 1.43. The molecule has 1 aliphatic carbocycles. The predicted molar refractivity (Wildman–Crippen MR) is 93.9 cm³/mol. The van der Waals surface area contributed by atoms with E-state index in [9.17, 15) is 10.2 Å². The van der Waals surface area contributed by atoms with Crippen LogP contribution in [0.5, 0.6) is 17.2 Å². The Hall–Kier alpha value is -2.62. The van der Waals surface area contributed by atoms with Crippen LogP contribution in [0.4, 0.5) is 5.69 Å². The Morgan fingerprint density at radius 3 is 2.79 bits per heavy atom. The molecule has 0 amide bonds. The Morgan fingerprint density at radius 1 is 1.17 bits per heavy atom. The second-order valence-corrected chi connectivity index (χ2v) is 6.56. The van der Waals surface area contributed by atoms with Crippen LogP contribution in [-0.4, -0.2) is 17.3 Å². The zero-order chi connectivity index (χ0) is 16.8.